The van der Waals surface area contributed by atoms with Gasteiger partial charge in [-0.2, -0.15) is 11.8 Å². The van der Waals surface area contributed by atoms with Gasteiger partial charge in [0.05, 0.1) is 11.7 Å². The van der Waals surface area contributed by atoms with Gasteiger partial charge in [-0.15, -0.1) is 0 Å². The molecule has 0 unspecified atom stereocenters. The monoisotopic (exact) mass is 246 g/mol. The molecule has 2 aromatic rings. The molecule has 1 saturated heterocycles. The molecule has 1 aliphatic heterocycles. The molecule has 0 atom stereocenters. The van der Waals surface area contributed by atoms with Crippen LogP contribution < -0.4 is 0 Å². The molecular formula is C14H18N2S. The summed E-state index contributed by atoms with van der Waals surface area (Å²) >= 11 is 2.09. The summed E-state index contributed by atoms with van der Waals surface area (Å²) in [5, 5.41) is 0. The smallest absolute Gasteiger partial charge is 0.113 e. The molecule has 2 aromatic heterocycles. The molecule has 1 aliphatic rings. The van der Waals surface area contributed by atoms with Crippen molar-refractivity contribution in [3.05, 3.63) is 35.9 Å². The van der Waals surface area contributed by atoms with Gasteiger partial charge in [-0.1, -0.05) is 6.07 Å². The maximum absolute atomic E-state index is 4.61. The molecular weight excluding hydrogens is 228 g/mol. The van der Waals surface area contributed by atoms with E-state index in [1.54, 1.807) is 0 Å². The molecule has 0 aromatic carbocycles. The van der Waals surface area contributed by atoms with Crippen LogP contribution in [-0.4, -0.2) is 20.9 Å². The summed E-state index contributed by atoms with van der Waals surface area (Å²) in [7, 11) is 0. The fraction of sp³-hybridized carbons (Fsp3) is 0.500. The van der Waals surface area contributed by atoms with Crippen LogP contribution >= 0.6 is 11.8 Å². The van der Waals surface area contributed by atoms with E-state index in [1.165, 1.54) is 41.4 Å². The average Bonchev–Trinajstić information content (AvgIpc) is 2.75. The zero-order valence-corrected chi connectivity index (χ0v) is 11.0. The summed E-state index contributed by atoms with van der Waals surface area (Å²) in [4.78, 5) is 4.61. The quantitative estimate of drug-likeness (QED) is 0.808. The number of nitrogens with zero attached hydrogens (tertiary/aromatic N) is 2. The molecule has 0 bridgehead atoms. The van der Waals surface area contributed by atoms with E-state index in [0.29, 0.717) is 0 Å². The van der Waals surface area contributed by atoms with Crippen LogP contribution in [-0.2, 0) is 6.42 Å². The normalized spacial score (nSPS) is 17.7. The van der Waals surface area contributed by atoms with Crippen LogP contribution in [0.2, 0.25) is 0 Å². The van der Waals surface area contributed by atoms with Crippen molar-refractivity contribution in [1.82, 2.24) is 9.38 Å². The lowest BCUT2D eigenvalue weighted by atomic mass is 9.98. The van der Waals surface area contributed by atoms with Gasteiger partial charge >= 0.3 is 0 Å². The first-order valence-corrected chi connectivity index (χ1v) is 7.50. The molecule has 3 heterocycles. The van der Waals surface area contributed by atoms with E-state index in [0.717, 1.165) is 12.3 Å². The zero-order chi connectivity index (χ0) is 11.7. The Labute approximate surface area is 106 Å². The van der Waals surface area contributed by atoms with Gasteiger partial charge in [0.1, 0.15) is 5.82 Å². The third-order valence-electron chi connectivity index (χ3n) is 3.63. The number of hydrogen-bond acceptors (Lipinski definition) is 2. The summed E-state index contributed by atoms with van der Waals surface area (Å²) in [5.41, 5.74) is 2.52. The molecule has 3 rings (SSSR count). The molecule has 0 amide bonds. The standard InChI is InChI=1S/C14H18N2S/c1-11-3-2-4-13-10-15-14(16(11)13)9-12-5-7-17-8-6-12/h2-4,10,12H,5-9H2,1H3. The first-order valence-electron chi connectivity index (χ1n) is 6.34. The minimum absolute atomic E-state index is 0.835. The summed E-state index contributed by atoms with van der Waals surface area (Å²) < 4.78 is 2.31. The minimum atomic E-state index is 0.835. The Hall–Kier alpha value is -0.960. The van der Waals surface area contributed by atoms with Crippen LogP contribution in [0.5, 0.6) is 0 Å². The van der Waals surface area contributed by atoms with Crippen molar-refractivity contribution in [1.29, 1.82) is 0 Å². The van der Waals surface area contributed by atoms with Crippen molar-refractivity contribution in [3.8, 4) is 0 Å². The van der Waals surface area contributed by atoms with E-state index in [4.69, 9.17) is 0 Å². The van der Waals surface area contributed by atoms with Crippen molar-refractivity contribution in [2.75, 3.05) is 11.5 Å². The fourth-order valence-electron chi connectivity index (χ4n) is 2.64. The molecule has 0 radical (unpaired) electrons. The second kappa shape index (κ2) is 4.73. The number of rotatable bonds is 2. The van der Waals surface area contributed by atoms with Crippen LogP contribution in [0, 0.1) is 12.8 Å². The molecule has 0 N–H and O–H groups in total. The first-order chi connectivity index (χ1) is 8.34. The second-order valence-corrected chi connectivity index (χ2v) is 6.09. The molecule has 0 saturated carbocycles. The first kappa shape index (κ1) is 11.1. The molecule has 0 aliphatic carbocycles. The van der Waals surface area contributed by atoms with Crippen LogP contribution in [0.25, 0.3) is 5.52 Å². The van der Waals surface area contributed by atoms with Gasteiger partial charge in [0.25, 0.3) is 0 Å². The zero-order valence-electron chi connectivity index (χ0n) is 10.2. The summed E-state index contributed by atoms with van der Waals surface area (Å²) in [6, 6.07) is 6.41. The highest BCUT2D eigenvalue weighted by Crippen LogP contribution is 2.26. The summed E-state index contributed by atoms with van der Waals surface area (Å²) in [6.45, 7) is 2.16. The Morgan fingerprint density at radius 1 is 1.35 bits per heavy atom. The SMILES string of the molecule is Cc1cccc2cnc(CC3CCSCC3)n12. The largest absolute Gasteiger partial charge is 0.301 e. The van der Waals surface area contributed by atoms with Gasteiger partial charge in [-0.05, 0) is 49.3 Å². The molecule has 90 valence electrons. The number of aromatic nitrogens is 2. The van der Waals surface area contributed by atoms with Gasteiger partial charge in [0.2, 0.25) is 0 Å². The van der Waals surface area contributed by atoms with Crippen LogP contribution in [0.15, 0.2) is 24.4 Å². The maximum Gasteiger partial charge on any atom is 0.113 e. The predicted molar refractivity (Wildman–Crippen MR) is 73.7 cm³/mol. The van der Waals surface area contributed by atoms with Gasteiger partial charge in [0.15, 0.2) is 0 Å². The Bertz CT molecular complexity index is 512. The van der Waals surface area contributed by atoms with E-state index in [9.17, 15) is 0 Å². The van der Waals surface area contributed by atoms with E-state index in [1.807, 2.05) is 6.20 Å². The van der Waals surface area contributed by atoms with Gasteiger partial charge in [-0.25, -0.2) is 4.98 Å². The highest BCUT2D eigenvalue weighted by Gasteiger charge is 2.17. The third-order valence-corrected chi connectivity index (χ3v) is 4.68. The van der Waals surface area contributed by atoms with Crippen LogP contribution in [0.4, 0.5) is 0 Å². The number of hydrogen-bond donors (Lipinski definition) is 0. The lowest BCUT2D eigenvalue weighted by molar-refractivity contribution is 0.475. The average molecular weight is 246 g/mol. The van der Waals surface area contributed by atoms with Crippen molar-refractivity contribution >= 4 is 17.3 Å². The molecule has 17 heavy (non-hydrogen) atoms. The van der Waals surface area contributed by atoms with Crippen LogP contribution in [0.3, 0.4) is 0 Å². The fourth-order valence-corrected chi connectivity index (χ4v) is 3.85. The number of aryl methyl sites for hydroxylation is 1. The lowest BCUT2D eigenvalue weighted by Crippen LogP contribution is -2.14. The number of fused-ring (bicyclic) bond motifs is 1. The summed E-state index contributed by atoms with van der Waals surface area (Å²) in [5.74, 6) is 4.73. The Kier molecular flexibility index (Phi) is 3.10. The van der Waals surface area contributed by atoms with Crippen molar-refractivity contribution in [2.45, 2.75) is 26.2 Å². The third kappa shape index (κ3) is 2.21. The van der Waals surface area contributed by atoms with E-state index in [-0.39, 0.29) is 0 Å². The van der Waals surface area contributed by atoms with Crippen molar-refractivity contribution in [3.63, 3.8) is 0 Å². The minimum Gasteiger partial charge on any atom is -0.301 e. The van der Waals surface area contributed by atoms with Crippen molar-refractivity contribution < 1.29 is 0 Å². The molecule has 3 heteroatoms. The Balaban J connectivity index is 1.89. The number of imidazole rings is 1. The molecule has 2 nitrogen and oxygen atoms in total. The molecule has 0 spiro atoms. The van der Waals surface area contributed by atoms with E-state index in [2.05, 4.69) is 46.3 Å². The highest BCUT2D eigenvalue weighted by molar-refractivity contribution is 7.99. The topological polar surface area (TPSA) is 17.3 Å². The van der Waals surface area contributed by atoms with E-state index < -0.39 is 0 Å². The second-order valence-electron chi connectivity index (χ2n) is 4.86. The van der Waals surface area contributed by atoms with Crippen LogP contribution in [0.1, 0.15) is 24.4 Å². The van der Waals surface area contributed by atoms with Gasteiger partial charge in [0, 0.05) is 12.1 Å². The lowest BCUT2D eigenvalue weighted by Gasteiger charge is -2.20. The van der Waals surface area contributed by atoms with Crippen molar-refractivity contribution in [2.24, 2.45) is 5.92 Å². The van der Waals surface area contributed by atoms with Gasteiger partial charge in [-0.3, -0.25) is 0 Å². The Morgan fingerprint density at radius 3 is 3.00 bits per heavy atom. The Morgan fingerprint density at radius 2 is 2.18 bits per heavy atom. The maximum atomic E-state index is 4.61. The van der Waals surface area contributed by atoms with E-state index >= 15 is 0 Å². The highest BCUT2D eigenvalue weighted by atomic mass is 32.2. The van der Waals surface area contributed by atoms with Gasteiger partial charge < -0.3 is 4.40 Å². The number of thioether (sulfide) groups is 1. The molecule has 1 fully saturated rings. The summed E-state index contributed by atoms with van der Waals surface area (Å²) in [6.07, 6.45) is 5.84. The predicted octanol–water partition coefficient (Wildman–Crippen LogP) is 3.33. The number of pyridine rings is 1.